The first-order chi connectivity index (χ1) is 9.29. The van der Waals surface area contributed by atoms with Gasteiger partial charge in [-0.15, -0.1) is 11.6 Å². The molecule has 0 bridgehead atoms. The number of halogens is 1. The number of piperidine rings is 1. The van der Waals surface area contributed by atoms with Gasteiger partial charge >= 0.3 is 0 Å². The molecular weight excluding hydrogens is 270 g/mol. The highest BCUT2D eigenvalue weighted by molar-refractivity contribution is 6.20. The highest BCUT2D eigenvalue weighted by atomic mass is 35.5. The summed E-state index contributed by atoms with van der Waals surface area (Å²) in [5, 5.41) is 0.246. The number of carbonyl (C=O) groups is 1. The van der Waals surface area contributed by atoms with Crippen LogP contribution >= 0.6 is 11.6 Å². The van der Waals surface area contributed by atoms with Gasteiger partial charge in [0.05, 0.1) is 0 Å². The van der Waals surface area contributed by atoms with Gasteiger partial charge in [-0.2, -0.15) is 0 Å². The summed E-state index contributed by atoms with van der Waals surface area (Å²) in [6, 6.07) is 0. The number of carbonyl (C=O) groups excluding carboxylic acids is 1. The number of likely N-dealkylation sites (tertiary alicyclic amines) is 1. The molecule has 1 saturated heterocycles. The van der Waals surface area contributed by atoms with Gasteiger partial charge in [0.1, 0.15) is 0 Å². The molecule has 2 rings (SSSR count). The first-order valence-corrected chi connectivity index (χ1v) is 8.65. The van der Waals surface area contributed by atoms with E-state index in [2.05, 4.69) is 32.6 Å². The molecule has 1 saturated carbocycles. The van der Waals surface area contributed by atoms with Crippen LogP contribution in [0.1, 0.15) is 59.8 Å². The normalized spacial score (nSPS) is 36.0. The molecule has 0 aromatic carbocycles. The third-order valence-electron chi connectivity index (χ3n) is 5.41. The molecule has 0 radical (unpaired) electrons. The van der Waals surface area contributed by atoms with E-state index in [-0.39, 0.29) is 11.3 Å². The van der Waals surface area contributed by atoms with E-state index < -0.39 is 0 Å². The Hall–Kier alpha value is -0.240. The molecule has 0 aromatic rings. The summed E-state index contributed by atoms with van der Waals surface area (Å²) in [5.41, 5.74) is 0.388. The zero-order valence-electron chi connectivity index (χ0n) is 13.5. The Balaban J connectivity index is 1.86. The maximum atomic E-state index is 12.6. The van der Waals surface area contributed by atoms with Crippen molar-refractivity contribution in [3.05, 3.63) is 0 Å². The summed E-state index contributed by atoms with van der Waals surface area (Å²) in [6.07, 6.45) is 5.53. The van der Waals surface area contributed by atoms with Crippen LogP contribution in [0.5, 0.6) is 0 Å². The lowest BCUT2D eigenvalue weighted by Crippen LogP contribution is -2.46. The molecule has 1 aliphatic heterocycles. The minimum atomic E-state index is 0.246. The molecule has 2 atom stereocenters. The SMILES string of the molecule is CC1CN(C(=O)C2CCC(C(C)(C)C)CC2)CCC1Cl. The largest absolute Gasteiger partial charge is 0.342 e. The van der Waals surface area contributed by atoms with Gasteiger partial charge in [-0.1, -0.05) is 27.7 Å². The molecule has 116 valence electrons. The lowest BCUT2D eigenvalue weighted by atomic mass is 9.69. The third kappa shape index (κ3) is 3.69. The molecule has 1 aliphatic carbocycles. The van der Waals surface area contributed by atoms with Gasteiger partial charge in [0.25, 0.3) is 0 Å². The Morgan fingerprint density at radius 3 is 2.20 bits per heavy atom. The van der Waals surface area contributed by atoms with Crippen LogP contribution in [0.4, 0.5) is 0 Å². The predicted molar refractivity (Wildman–Crippen MR) is 84.9 cm³/mol. The molecule has 1 amide bonds. The van der Waals surface area contributed by atoms with Crippen LogP contribution < -0.4 is 0 Å². The summed E-state index contributed by atoms with van der Waals surface area (Å²) < 4.78 is 0. The number of hydrogen-bond acceptors (Lipinski definition) is 1. The van der Waals surface area contributed by atoms with Crippen molar-refractivity contribution in [3.8, 4) is 0 Å². The van der Waals surface area contributed by atoms with Crippen LogP contribution in [-0.4, -0.2) is 29.3 Å². The standard InChI is InChI=1S/C17H30ClNO/c1-12-11-19(10-9-15(12)18)16(20)13-5-7-14(8-6-13)17(2,3)4/h12-15H,5-11H2,1-4H3. The van der Waals surface area contributed by atoms with E-state index in [0.29, 0.717) is 17.2 Å². The number of hydrogen-bond donors (Lipinski definition) is 0. The molecule has 20 heavy (non-hydrogen) atoms. The topological polar surface area (TPSA) is 20.3 Å². The third-order valence-corrected chi connectivity index (χ3v) is 6.06. The number of nitrogens with zero attached hydrogens (tertiary/aromatic N) is 1. The van der Waals surface area contributed by atoms with Crippen molar-refractivity contribution in [1.29, 1.82) is 0 Å². The monoisotopic (exact) mass is 299 g/mol. The Morgan fingerprint density at radius 2 is 1.70 bits per heavy atom. The van der Waals surface area contributed by atoms with E-state index in [1.165, 1.54) is 12.8 Å². The lowest BCUT2D eigenvalue weighted by molar-refractivity contribution is -0.138. The lowest BCUT2D eigenvalue weighted by Gasteiger charge is -2.40. The van der Waals surface area contributed by atoms with Gasteiger partial charge in [0.15, 0.2) is 0 Å². The minimum absolute atomic E-state index is 0.246. The van der Waals surface area contributed by atoms with Crippen LogP contribution in [0.25, 0.3) is 0 Å². The number of alkyl halides is 1. The van der Waals surface area contributed by atoms with E-state index >= 15 is 0 Å². The van der Waals surface area contributed by atoms with E-state index in [9.17, 15) is 4.79 Å². The number of rotatable bonds is 1. The van der Waals surface area contributed by atoms with Gasteiger partial charge in [-0.25, -0.2) is 0 Å². The van der Waals surface area contributed by atoms with Crippen molar-refractivity contribution >= 4 is 17.5 Å². The quantitative estimate of drug-likeness (QED) is 0.661. The predicted octanol–water partition coefficient (Wildman–Crippen LogP) is 4.31. The fourth-order valence-corrected chi connectivity index (χ4v) is 3.96. The Morgan fingerprint density at radius 1 is 1.10 bits per heavy atom. The second kappa shape index (κ2) is 6.25. The highest BCUT2D eigenvalue weighted by Gasteiger charge is 2.35. The summed E-state index contributed by atoms with van der Waals surface area (Å²) in [6.45, 7) is 10.8. The van der Waals surface area contributed by atoms with E-state index in [1.54, 1.807) is 0 Å². The minimum Gasteiger partial charge on any atom is -0.342 e. The molecular formula is C17H30ClNO. The Kier molecular flexibility index (Phi) is 5.05. The first kappa shape index (κ1) is 16.1. The average Bonchev–Trinajstić information content (AvgIpc) is 2.40. The number of amides is 1. The maximum absolute atomic E-state index is 12.6. The van der Waals surface area contributed by atoms with Gasteiger partial charge in [-0.05, 0) is 49.4 Å². The Labute approximate surface area is 129 Å². The molecule has 0 spiro atoms. The summed E-state index contributed by atoms with van der Waals surface area (Å²) in [5.74, 6) is 1.87. The molecule has 2 fully saturated rings. The summed E-state index contributed by atoms with van der Waals surface area (Å²) in [4.78, 5) is 14.7. The zero-order chi connectivity index (χ0) is 14.9. The molecule has 2 unspecified atom stereocenters. The maximum Gasteiger partial charge on any atom is 0.225 e. The van der Waals surface area contributed by atoms with E-state index in [1.807, 2.05) is 0 Å². The molecule has 2 nitrogen and oxygen atoms in total. The first-order valence-electron chi connectivity index (χ1n) is 8.22. The van der Waals surface area contributed by atoms with Crippen molar-refractivity contribution in [2.75, 3.05) is 13.1 Å². The smallest absolute Gasteiger partial charge is 0.225 e. The van der Waals surface area contributed by atoms with Crippen molar-refractivity contribution in [1.82, 2.24) is 4.90 Å². The molecule has 0 N–H and O–H groups in total. The summed E-state index contributed by atoms with van der Waals surface area (Å²) >= 11 is 6.25. The Bertz CT molecular complexity index is 341. The van der Waals surface area contributed by atoms with Gasteiger partial charge in [0, 0.05) is 24.4 Å². The van der Waals surface area contributed by atoms with E-state index in [4.69, 9.17) is 11.6 Å². The average molecular weight is 300 g/mol. The van der Waals surface area contributed by atoms with Crippen molar-refractivity contribution in [2.45, 2.75) is 65.2 Å². The molecule has 1 heterocycles. The molecule has 3 heteroatoms. The fraction of sp³-hybridized carbons (Fsp3) is 0.941. The van der Waals surface area contributed by atoms with Crippen molar-refractivity contribution < 1.29 is 4.79 Å². The van der Waals surface area contributed by atoms with Crippen LogP contribution in [0.3, 0.4) is 0 Å². The van der Waals surface area contributed by atoms with Crippen LogP contribution in [-0.2, 0) is 4.79 Å². The zero-order valence-corrected chi connectivity index (χ0v) is 14.2. The van der Waals surface area contributed by atoms with Gasteiger partial charge in [-0.3, -0.25) is 4.79 Å². The van der Waals surface area contributed by atoms with Crippen LogP contribution in [0.15, 0.2) is 0 Å². The van der Waals surface area contributed by atoms with Crippen LogP contribution in [0.2, 0.25) is 0 Å². The highest BCUT2D eigenvalue weighted by Crippen LogP contribution is 2.40. The van der Waals surface area contributed by atoms with Crippen molar-refractivity contribution in [3.63, 3.8) is 0 Å². The fourth-order valence-electron chi connectivity index (χ4n) is 3.78. The van der Waals surface area contributed by atoms with Crippen molar-refractivity contribution in [2.24, 2.45) is 23.2 Å². The second-order valence-corrected chi connectivity index (χ2v) is 8.54. The van der Waals surface area contributed by atoms with Crippen LogP contribution in [0, 0.1) is 23.2 Å². The second-order valence-electron chi connectivity index (χ2n) is 7.98. The summed E-state index contributed by atoms with van der Waals surface area (Å²) in [7, 11) is 0. The molecule has 2 aliphatic rings. The van der Waals surface area contributed by atoms with Gasteiger partial charge < -0.3 is 4.90 Å². The van der Waals surface area contributed by atoms with E-state index in [0.717, 1.165) is 38.3 Å². The van der Waals surface area contributed by atoms with Gasteiger partial charge in [0.2, 0.25) is 5.91 Å². The molecule has 0 aromatic heterocycles.